The van der Waals surface area contributed by atoms with Gasteiger partial charge in [0.15, 0.2) is 0 Å². The van der Waals surface area contributed by atoms with Gasteiger partial charge in [-0.15, -0.1) is 0 Å². The molecule has 3 aromatic carbocycles. The molecule has 35 heavy (non-hydrogen) atoms. The topological polar surface area (TPSA) is 57.1 Å². The summed E-state index contributed by atoms with van der Waals surface area (Å²) in [5.41, 5.74) is 6.49. The van der Waals surface area contributed by atoms with Crippen LogP contribution in [0.3, 0.4) is 0 Å². The van der Waals surface area contributed by atoms with Gasteiger partial charge in [0, 0.05) is 17.8 Å². The lowest BCUT2D eigenvalue weighted by Crippen LogP contribution is -2.41. The number of hydrogen-bond acceptors (Lipinski definition) is 5. The zero-order chi connectivity index (χ0) is 24.2. The van der Waals surface area contributed by atoms with Gasteiger partial charge in [0.05, 0.1) is 18.4 Å². The number of methoxy groups -OCH3 is 1. The van der Waals surface area contributed by atoms with Crippen LogP contribution in [0.25, 0.3) is 16.8 Å². The number of benzene rings is 3. The molecule has 5 nitrogen and oxygen atoms in total. The van der Waals surface area contributed by atoms with Gasteiger partial charge in [0.25, 0.3) is 0 Å². The van der Waals surface area contributed by atoms with E-state index in [1.54, 1.807) is 19.2 Å². The predicted molar refractivity (Wildman–Crippen MR) is 143 cm³/mol. The van der Waals surface area contributed by atoms with Crippen molar-refractivity contribution >= 4 is 17.2 Å². The van der Waals surface area contributed by atoms with Gasteiger partial charge < -0.3 is 20.1 Å². The lowest BCUT2D eigenvalue weighted by Gasteiger charge is -2.37. The van der Waals surface area contributed by atoms with Crippen molar-refractivity contribution in [2.75, 3.05) is 26.7 Å². The van der Waals surface area contributed by atoms with Gasteiger partial charge >= 0.3 is 0 Å². The van der Waals surface area contributed by atoms with Crippen molar-refractivity contribution < 1.29 is 9.84 Å². The summed E-state index contributed by atoms with van der Waals surface area (Å²) < 4.78 is 5.75. The largest absolute Gasteiger partial charge is 0.508 e. The minimum Gasteiger partial charge on any atom is -0.508 e. The van der Waals surface area contributed by atoms with E-state index >= 15 is 0 Å². The molecule has 2 heterocycles. The molecule has 1 fully saturated rings. The Kier molecular flexibility index (Phi) is 6.87. The van der Waals surface area contributed by atoms with E-state index in [4.69, 9.17) is 9.73 Å². The van der Waals surface area contributed by atoms with E-state index in [1.807, 2.05) is 30.3 Å². The van der Waals surface area contributed by atoms with Crippen LogP contribution < -0.4 is 10.1 Å². The molecule has 1 atom stereocenters. The second-order valence-corrected chi connectivity index (χ2v) is 9.24. The lowest BCUT2D eigenvalue weighted by molar-refractivity contribution is 0.329. The van der Waals surface area contributed by atoms with Crippen molar-refractivity contribution in [1.82, 2.24) is 10.2 Å². The highest BCUT2D eigenvalue weighted by atomic mass is 16.5. The number of aliphatic imine (C=N–C) groups is 1. The molecule has 1 unspecified atom stereocenters. The maximum absolute atomic E-state index is 9.73. The third-order valence-corrected chi connectivity index (χ3v) is 6.83. The number of para-hydroxylation sites is 1. The Labute approximate surface area is 207 Å². The molecule has 2 N–H and O–H groups in total. The predicted octanol–water partition coefficient (Wildman–Crippen LogP) is 6.21. The first kappa shape index (κ1) is 23.2. The SMILES string of the molecule is CC/C=C1/c2cc(-c3ccc(O)cc3)ccc2N=C(c2ccccc2OC)N1CC1CCCNC1. The van der Waals surface area contributed by atoms with Gasteiger partial charge in [-0.1, -0.05) is 43.3 Å². The summed E-state index contributed by atoms with van der Waals surface area (Å²) in [5.74, 6) is 2.60. The smallest absolute Gasteiger partial charge is 0.144 e. The summed E-state index contributed by atoms with van der Waals surface area (Å²) in [7, 11) is 1.72. The number of hydrogen-bond donors (Lipinski definition) is 2. The van der Waals surface area contributed by atoms with E-state index in [-0.39, 0.29) is 5.75 Å². The minimum absolute atomic E-state index is 0.275. The number of phenols is 1. The average molecular weight is 468 g/mol. The number of nitrogens with one attached hydrogen (secondary N) is 1. The molecule has 0 amide bonds. The Morgan fingerprint density at radius 2 is 1.86 bits per heavy atom. The standard InChI is InChI=1S/C30H33N3O2/c1-3-7-28-26-18-23(22-11-14-24(34)15-12-22)13-16-27(26)32-30(25-9-4-5-10-29(25)35-2)33(28)20-21-8-6-17-31-19-21/h4-5,7,9-16,18,21,31,34H,3,6,8,17,19-20H2,1-2H3/b28-7-. The van der Waals surface area contributed by atoms with E-state index < -0.39 is 0 Å². The van der Waals surface area contributed by atoms with E-state index in [0.717, 1.165) is 65.6 Å². The molecule has 0 radical (unpaired) electrons. The van der Waals surface area contributed by atoms with Gasteiger partial charge in [-0.3, -0.25) is 0 Å². The zero-order valence-corrected chi connectivity index (χ0v) is 20.5. The Hall–Kier alpha value is -3.57. The second-order valence-electron chi connectivity index (χ2n) is 9.24. The van der Waals surface area contributed by atoms with Crippen LogP contribution in [0.2, 0.25) is 0 Å². The Bertz CT molecular complexity index is 1240. The minimum atomic E-state index is 0.275. The Morgan fingerprint density at radius 1 is 1.06 bits per heavy atom. The molecule has 1 saturated heterocycles. The molecule has 0 aliphatic carbocycles. The van der Waals surface area contributed by atoms with E-state index in [2.05, 4.69) is 47.5 Å². The van der Waals surface area contributed by atoms with E-state index in [1.165, 1.54) is 18.5 Å². The summed E-state index contributed by atoms with van der Waals surface area (Å²) in [6.45, 7) is 5.21. The van der Waals surface area contributed by atoms with Gasteiger partial charge in [-0.25, -0.2) is 4.99 Å². The molecule has 0 aromatic heterocycles. The van der Waals surface area contributed by atoms with Crippen molar-refractivity contribution in [3.05, 3.63) is 83.9 Å². The number of aromatic hydroxyl groups is 1. The summed E-state index contributed by atoms with van der Waals surface area (Å²) >= 11 is 0. The Balaban J connectivity index is 1.65. The van der Waals surface area contributed by atoms with Crippen molar-refractivity contribution in [1.29, 1.82) is 0 Å². The van der Waals surface area contributed by atoms with Gasteiger partial charge in [-0.05, 0) is 85.8 Å². The monoisotopic (exact) mass is 467 g/mol. The zero-order valence-electron chi connectivity index (χ0n) is 20.5. The van der Waals surface area contributed by atoms with Crippen LogP contribution in [0.15, 0.2) is 77.8 Å². The molecule has 2 aliphatic rings. The molecule has 5 heteroatoms. The van der Waals surface area contributed by atoms with E-state index in [9.17, 15) is 5.11 Å². The number of fused-ring (bicyclic) bond motifs is 1. The highest BCUT2D eigenvalue weighted by Crippen LogP contribution is 2.40. The third-order valence-electron chi connectivity index (χ3n) is 6.83. The molecular formula is C30H33N3O2. The molecule has 5 rings (SSSR count). The van der Waals surface area contributed by atoms with Gasteiger partial charge in [0.2, 0.25) is 0 Å². The number of allylic oxidation sites excluding steroid dienone is 1. The maximum atomic E-state index is 9.73. The number of amidine groups is 1. The third kappa shape index (κ3) is 4.82. The van der Waals surface area contributed by atoms with Crippen molar-refractivity contribution in [2.45, 2.75) is 26.2 Å². The van der Waals surface area contributed by atoms with Crippen LogP contribution in [-0.4, -0.2) is 42.6 Å². The quantitative estimate of drug-likeness (QED) is 0.452. The van der Waals surface area contributed by atoms with Crippen molar-refractivity contribution in [2.24, 2.45) is 10.9 Å². The number of nitrogens with zero attached hydrogens (tertiary/aromatic N) is 2. The first-order valence-electron chi connectivity index (χ1n) is 12.5. The molecule has 3 aromatic rings. The molecule has 0 saturated carbocycles. The van der Waals surface area contributed by atoms with Crippen LogP contribution in [0, 0.1) is 5.92 Å². The van der Waals surface area contributed by atoms with Gasteiger partial charge in [-0.2, -0.15) is 0 Å². The van der Waals surface area contributed by atoms with Crippen LogP contribution in [-0.2, 0) is 0 Å². The summed E-state index contributed by atoms with van der Waals surface area (Å²) in [5, 5.41) is 13.3. The fourth-order valence-electron chi connectivity index (χ4n) is 5.08. The number of piperidine rings is 1. The van der Waals surface area contributed by atoms with Crippen LogP contribution in [0.1, 0.15) is 37.3 Å². The lowest BCUT2D eigenvalue weighted by atomic mass is 9.94. The fourth-order valence-corrected chi connectivity index (χ4v) is 5.08. The molecular weight excluding hydrogens is 434 g/mol. The van der Waals surface area contributed by atoms with Gasteiger partial charge in [0.1, 0.15) is 17.3 Å². The summed E-state index contributed by atoms with van der Waals surface area (Å²) in [6.07, 6.45) is 5.66. The average Bonchev–Trinajstić information content (AvgIpc) is 2.90. The van der Waals surface area contributed by atoms with Crippen LogP contribution in [0.4, 0.5) is 5.69 Å². The first-order valence-corrected chi connectivity index (χ1v) is 12.5. The van der Waals surface area contributed by atoms with Crippen LogP contribution in [0.5, 0.6) is 11.5 Å². The molecule has 0 bridgehead atoms. The first-order chi connectivity index (χ1) is 17.2. The maximum Gasteiger partial charge on any atom is 0.144 e. The Morgan fingerprint density at radius 3 is 2.60 bits per heavy atom. The summed E-state index contributed by atoms with van der Waals surface area (Å²) in [4.78, 5) is 7.62. The number of rotatable bonds is 6. The van der Waals surface area contributed by atoms with Crippen molar-refractivity contribution in [3.8, 4) is 22.6 Å². The molecule has 180 valence electrons. The highest BCUT2D eigenvalue weighted by Gasteiger charge is 2.30. The molecule has 0 spiro atoms. The normalized spacial score (nSPS) is 18.8. The summed E-state index contributed by atoms with van der Waals surface area (Å²) in [6, 6.07) is 22.0. The fraction of sp³-hybridized carbons (Fsp3) is 0.300. The number of ether oxygens (including phenoxy) is 1. The number of phenolic OH excluding ortho intramolecular Hbond substituents is 1. The second kappa shape index (κ2) is 10.4. The highest BCUT2D eigenvalue weighted by molar-refractivity contribution is 6.09. The van der Waals surface area contributed by atoms with Crippen molar-refractivity contribution in [3.63, 3.8) is 0 Å². The van der Waals surface area contributed by atoms with E-state index in [0.29, 0.717) is 5.92 Å². The van der Waals surface area contributed by atoms with Crippen LogP contribution >= 0.6 is 0 Å². The molecule has 2 aliphatic heterocycles.